The first-order chi connectivity index (χ1) is 11.0. The number of carbonyl (C=O) groups is 3. The van der Waals surface area contributed by atoms with Gasteiger partial charge in [-0.25, -0.2) is 4.79 Å². The molecule has 1 aromatic carbocycles. The van der Waals surface area contributed by atoms with Gasteiger partial charge in [0, 0.05) is 41.7 Å². The van der Waals surface area contributed by atoms with Crippen molar-refractivity contribution in [2.24, 2.45) is 5.92 Å². The lowest BCUT2D eigenvalue weighted by Gasteiger charge is -2.13. The molecule has 7 heteroatoms. The number of anilines is 1. The Kier molecular flexibility index (Phi) is 5.76. The molecule has 0 aliphatic heterocycles. The minimum atomic E-state index is -1.20. The third-order valence-corrected chi connectivity index (χ3v) is 3.75. The van der Waals surface area contributed by atoms with Crippen LogP contribution in [0.5, 0.6) is 0 Å². The zero-order valence-electron chi connectivity index (χ0n) is 12.4. The van der Waals surface area contributed by atoms with E-state index in [0.717, 1.165) is 18.6 Å². The first-order valence-electron chi connectivity index (χ1n) is 7.25. The number of hydrogen-bond acceptors (Lipinski definition) is 3. The Labute approximate surface area is 138 Å². The van der Waals surface area contributed by atoms with Gasteiger partial charge in [0.1, 0.15) is 0 Å². The van der Waals surface area contributed by atoms with Gasteiger partial charge < -0.3 is 10.4 Å². The number of benzene rings is 1. The lowest BCUT2D eigenvalue weighted by Crippen LogP contribution is -2.23. The van der Waals surface area contributed by atoms with Crippen LogP contribution in [-0.2, 0) is 9.59 Å². The van der Waals surface area contributed by atoms with Gasteiger partial charge >= 0.3 is 5.97 Å². The molecule has 1 aliphatic rings. The van der Waals surface area contributed by atoms with E-state index in [-0.39, 0.29) is 5.91 Å². The molecule has 23 heavy (non-hydrogen) atoms. The maximum absolute atomic E-state index is 12.1. The normalized spacial score (nSPS) is 13.8. The summed E-state index contributed by atoms with van der Waals surface area (Å²) in [6.07, 6.45) is 5.00. The van der Waals surface area contributed by atoms with Crippen LogP contribution in [0.4, 0.5) is 5.69 Å². The van der Waals surface area contributed by atoms with E-state index >= 15 is 0 Å². The molecule has 1 fully saturated rings. The molecule has 1 aromatic rings. The second-order valence-corrected chi connectivity index (χ2v) is 5.77. The summed E-state index contributed by atoms with van der Waals surface area (Å²) in [6, 6.07) is 6.24. The van der Waals surface area contributed by atoms with Crippen LogP contribution in [0.2, 0.25) is 0 Å². The van der Waals surface area contributed by atoms with Gasteiger partial charge in [0.15, 0.2) is 0 Å². The number of carboxylic acid groups (broad SMARTS) is 1. The first-order valence-corrected chi connectivity index (χ1v) is 7.59. The van der Waals surface area contributed by atoms with Crippen molar-refractivity contribution >= 4 is 35.2 Å². The largest absolute Gasteiger partial charge is 0.478 e. The van der Waals surface area contributed by atoms with E-state index in [2.05, 4.69) is 5.32 Å². The lowest BCUT2D eigenvalue weighted by atomic mass is 10.2. The van der Waals surface area contributed by atoms with Gasteiger partial charge in [-0.1, -0.05) is 12.8 Å². The van der Waals surface area contributed by atoms with Crippen molar-refractivity contribution in [2.45, 2.75) is 19.3 Å². The van der Waals surface area contributed by atoms with E-state index in [9.17, 15) is 14.4 Å². The van der Waals surface area contributed by atoms with Gasteiger partial charge in [-0.05, 0) is 36.6 Å². The molecule has 0 bridgehead atoms. The number of nitrogens with one attached hydrogen (secondary N) is 1. The molecule has 122 valence electrons. The maximum Gasteiger partial charge on any atom is 0.328 e. The van der Waals surface area contributed by atoms with Crippen LogP contribution < -0.4 is 5.32 Å². The maximum atomic E-state index is 12.1. The summed E-state index contributed by atoms with van der Waals surface area (Å²) < 4.78 is 1.18. The Bertz CT molecular complexity index is 623. The summed E-state index contributed by atoms with van der Waals surface area (Å²) >= 11 is 5.98. The summed E-state index contributed by atoms with van der Waals surface area (Å²) in [4.78, 5) is 33.9. The first kappa shape index (κ1) is 17.0. The number of hydrogen-bond donors (Lipinski definition) is 2. The molecule has 2 N–H and O–H groups in total. The van der Waals surface area contributed by atoms with Gasteiger partial charge in [-0.15, -0.1) is 0 Å². The topological polar surface area (TPSA) is 86.7 Å². The number of halogens is 1. The fourth-order valence-corrected chi connectivity index (χ4v) is 2.17. The van der Waals surface area contributed by atoms with E-state index in [1.54, 1.807) is 24.3 Å². The average Bonchev–Trinajstić information content (AvgIpc) is 3.35. The molecule has 2 rings (SSSR count). The summed E-state index contributed by atoms with van der Waals surface area (Å²) in [7, 11) is 0. The second-order valence-electron chi connectivity index (χ2n) is 5.36. The predicted molar refractivity (Wildman–Crippen MR) is 86.1 cm³/mol. The fourth-order valence-electron chi connectivity index (χ4n) is 1.97. The smallest absolute Gasteiger partial charge is 0.328 e. The van der Waals surface area contributed by atoms with E-state index in [1.165, 1.54) is 17.3 Å². The number of carboxylic acids is 1. The summed E-state index contributed by atoms with van der Waals surface area (Å²) in [5.74, 6) is -1.35. The van der Waals surface area contributed by atoms with Crippen molar-refractivity contribution in [1.29, 1.82) is 0 Å². The van der Waals surface area contributed by atoms with Crippen molar-refractivity contribution in [1.82, 2.24) is 4.42 Å². The Hall–Kier alpha value is -2.34. The Morgan fingerprint density at radius 1 is 1.22 bits per heavy atom. The van der Waals surface area contributed by atoms with Gasteiger partial charge in [0.25, 0.3) is 5.91 Å². The molecular weight excluding hydrogens is 320 g/mol. The Morgan fingerprint density at radius 3 is 2.43 bits per heavy atom. The van der Waals surface area contributed by atoms with E-state index in [4.69, 9.17) is 16.9 Å². The minimum absolute atomic E-state index is 0.282. The SMILES string of the molecule is O=C(O)C=CC(=O)Nc1ccc(C(=O)N(Cl)CCC2CC2)cc1. The summed E-state index contributed by atoms with van der Waals surface area (Å²) in [6.45, 7) is 0.517. The van der Waals surface area contributed by atoms with E-state index in [1.807, 2.05) is 0 Å². The Balaban J connectivity index is 1.88. The van der Waals surface area contributed by atoms with Gasteiger partial charge in [0.05, 0.1) is 0 Å². The molecule has 0 atom stereocenters. The summed E-state index contributed by atoms with van der Waals surface area (Å²) in [5, 5.41) is 10.9. The van der Waals surface area contributed by atoms with Crippen molar-refractivity contribution in [3.8, 4) is 0 Å². The average molecular weight is 337 g/mol. The van der Waals surface area contributed by atoms with Crippen LogP contribution in [0, 0.1) is 5.92 Å². The molecule has 6 nitrogen and oxygen atoms in total. The van der Waals surface area contributed by atoms with Crippen molar-refractivity contribution in [3.63, 3.8) is 0 Å². The molecule has 2 amide bonds. The highest BCUT2D eigenvalue weighted by molar-refractivity contribution is 6.24. The van der Waals surface area contributed by atoms with Crippen LogP contribution in [0.1, 0.15) is 29.6 Å². The zero-order chi connectivity index (χ0) is 16.8. The highest BCUT2D eigenvalue weighted by Crippen LogP contribution is 2.32. The number of amides is 2. The number of nitrogens with zero attached hydrogens (tertiary/aromatic N) is 1. The minimum Gasteiger partial charge on any atom is -0.478 e. The lowest BCUT2D eigenvalue weighted by molar-refractivity contribution is -0.131. The van der Waals surface area contributed by atoms with Crippen LogP contribution in [0.15, 0.2) is 36.4 Å². The molecule has 0 heterocycles. The predicted octanol–water partition coefficient (Wildman–Crippen LogP) is 2.66. The highest BCUT2D eigenvalue weighted by atomic mass is 35.5. The molecule has 1 aliphatic carbocycles. The molecular formula is C16H17ClN2O4. The third-order valence-electron chi connectivity index (χ3n) is 3.43. The van der Waals surface area contributed by atoms with Crippen LogP contribution in [0.3, 0.4) is 0 Å². The zero-order valence-corrected chi connectivity index (χ0v) is 13.1. The van der Waals surface area contributed by atoms with E-state index in [0.29, 0.717) is 23.7 Å². The van der Waals surface area contributed by atoms with Gasteiger partial charge in [-0.2, -0.15) is 0 Å². The van der Waals surface area contributed by atoms with E-state index < -0.39 is 11.9 Å². The molecule has 0 radical (unpaired) electrons. The standard InChI is InChI=1S/C16H17ClN2O4/c17-19(10-9-11-1-2-11)16(23)12-3-5-13(6-4-12)18-14(20)7-8-15(21)22/h3-8,11H,1-2,9-10H2,(H,18,20)(H,21,22). The quantitative estimate of drug-likeness (QED) is 0.592. The Morgan fingerprint density at radius 2 is 1.87 bits per heavy atom. The third kappa shape index (κ3) is 5.75. The van der Waals surface area contributed by atoms with Crippen molar-refractivity contribution < 1.29 is 19.5 Å². The fraction of sp³-hybridized carbons (Fsp3) is 0.312. The summed E-state index contributed by atoms with van der Waals surface area (Å²) in [5.41, 5.74) is 0.885. The molecule has 0 saturated heterocycles. The van der Waals surface area contributed by atoms with Crippen LogP contribution in [0.25, 0.3) is 0 Å². The highest BCUT2D eigenvalue weighted by Gasteiger charge is 2.23. The molecule has 1 saturated carbocycles. The number of carbonyl (C=O) groups excluding carboxylic acids is 2. The van der Waals surface area contributed by atoms with Gasteiger partial charge in [0.2, 0.25) is 5.91 Å². The molecule has 0 aromatic heterocycles. The van der Waals surface area contributed by atoms with Crippen LogP contribution >= 0.6 is 11.8 Å². The van der Waals surface area contributed by atoms with Gasteiger partial charge in [-0.3, -0.25) is 14.0 Å². The van der Waals surface area contributed by atoms with Crippen LogP contribution in [-0.4, -0.2) is 33.9 Å². The monoisotopic (exact) mass is 336 g/mol. The second kappa shape index (κ2) is 7.78. The number of rotatable bonds is 7. The molecule has 0 spiro atoms. The number of aliphatic carboxylic acids is 1. The van der Waals surface area contributed by atoms with Crippen molar-refractivity contribution in [3.05, 3.63) is 42.0 Å². The van der Waals surface area contributed by atoms with Crippen molar-refractivity contribution in [2.75, 3.05) is 11.9 Å². The molecule has 0 unspecified atom stereocenters.